The SMILES string of the molecule is CC1(C(=O)O)CCCN1C(=O)Nc1ccccc1. The monoisotopic (exact) mass is 248 g/mol. The summed E-state index contributed by atoms with van der Waals surface area (Å²) in [5.41, 5.74) is -0.430. The van der Waals surface area contributed by atoms with Crippen LogP contribution in [-0.4, -0.2) is 34.1 Å². The van der Waals surface area contributed by atoms with Crippen LogP contribution in [0.3, 0.4) is 0 Å². The van der Waals surface area contributed by atoms with Crippen LogP contribution in [0.15, 0.2) is 30.3 Å². The largest absolute Gasteiger partial charge is 0.480 e. The minimum absolute atomic E-state index is 0.358. The first-order valence-corrected chi connectivity index (χ1v) is 5.91. The number of amides is 2. The van der Waals surface area contributed by atoms with E-state index in [-0.39, 0.29) is 6.03 Å². The van der Waals surface area contributed by atoms with Crippen molar-refractivity contribution in [3.05, 3.63) is 30.3 Å². The number of nitrogens with one attached hydrogen (secondary N) is 1. The molecule has 2 N–H and O–H groups in total. The van der Waals surface area contributed by atoms with Gasteiger partial charge in [0, 0.05) is 12.2 Å². The van der Waals surface area contributed by atoms with Crippen molar-refractivity contribution in [2.45, 2.75) is 25.3 Å². The summed E-state index contributed by atoms with van der Waals surface area (Å²) in [7, 11) is 0. The molecule has 0 saturated carbocycles. The Morgan fingerprint density at radius 2 is 2.00 bits per heavy atom. The Morgan fingerprint density at radius 3 is 2.61 bits per heavy atom. The number of carboxylic acid groups (broad SMARTS) is 1. The first kappa shape index (κ1) is 12.4. The topological polar surface area (TPSA) is 69.6 Å². The number of likely N-dealkylation sites (tertiary alicyclic amines) is 1. The Balaban J connectivity index is 2.12. The number of aliphatic carboxylic acids is 1. The van der Waals surface area contributed by atoms with Crippen LogP contribution >= 0.6 is 0 Å². The van der Waals surface area contributed by atoms with Gasteiger partial charge in [-0.15, -0.1) is 0 Å². The lowest BCUT2D eigenvalue weighted by Crippen LogP contribution is -2.52. The molecule has 2 amide bonds. The van der Waals surface area contributed by atoms with Crippen molar-refractivity contribution < 1.29 is 14.7 Å². The minimum Gasteiger partial charge on any atom is -0.480 e. The highest BCUT2D eigenvalue weighted by Crippen LogP contribution is 2.29. The van der Waals surface area contributed by atoms with Crippen LogP contribution in [0.25, 0.3) is 0 Å². The number of rotatable bonds is 2. The lowest BCUT2D eigenvalue weighted by molar-refractivity contribution is -0.146. The molecule has 18 heavy (non-hydrogen) atoms. The molecule has 1 saturated heterocycles. The molecule has 0 bridgehead atoms. The number of hydrogen-bond acceptors (Lipinski definition) is 2. The summed E-state index contributed by atoms with van der Waals surface area (Å²) in [6.45, 7) is 2.06. The van der Waals surface area contributed by atoms with Gasteiger partial charge in [0.15, 0.2) is 0 Å². The van der Waals surface area contributed by atoms with E-state index in [4.69, 9.17) is 0 Å². The van der Waals surface area contributed by atoms with E-state index in [0.717, 1.165) is 0 Å². The van der Waals surface area contributed by atoms with Crippen molar-refractivity contribution >= 4 is 17.7 Å². The summed E-state index contributed by atoms with van der Waals surface area (Å²) < 4.78 is 0. The van der Waals surface area contributed by atoms with Crippen molar-refractivity contribution in [2.24, 2.45) is 0 Å². The van der Waals surface area contributed by atoms with Gasteiger partial charge in [-0.1, -0.05) is 18.2 Å². The Kier molecular flexibility index (Phi) is 3.23. The molecule has 1 aliphatic rings. The molecule has 1 atom stereocenters. The normalized spacial score (nSPS) is 22.8. The number of carbonyl (C=O) groups excluding carboxylic acids is 1. The molecule has 0 aliphatic carbocycles. The second-order valence-corrected chi connectivity index (χ2v) is 4.63. The summed E-state index contributed by atoms with van der Waals surface area (Å²) in [5, 5.41) is 12.0. The first-order chi connectivity index (χ1) is 8.54. The molecule has 96 valence electrons. The second-order valence-electron chi connectivity index (χ2n) is 4.63. The molecular formula is C13H16N2O3. The van der Waals surface area contributed by atoms with Crippen LogP contribution in [0, 0.1) is 0 Å². The predicted octanol–water partition coefficient (Wildman–Crippen LogP) is 2.16. The van der Waals surface area contributed by atoms with Crippen LogP contribution < -0.4 is 5.32 Å². The van der Waals surface area contributed by atoms with Gasteiger partial charge in [-0.05, 0) is 31.9 Å². The molecule has 0 radical (unpaired) electrons. The van der Waals surface area contributed by atoms with Gasteiger partial charge in [0.2, 0.25) is 0 Å². The van der Waals surface area contributed by atoms with Crippen LogP contribution in [0.4, 0.5) is 10.5 Å². The molecule has 1 unspecified atom stereocenters. The zero-order valence-corrected chi connectivity index (χ0v) is 10.2. The highest BCUT2D eigenvalue weighted by molar-refractivity contribution is 5.94. The number of carbonyl (C=O) groups is 2. The van der Waals surface area contributed by atoms with E-state index < -0.39 is 11.5 Å². The average Bonchev–Trinajstić information content (AvgIpc) is 2.74. The highest BCUT2D eigenvalue weighted by Gasteiger charge is 2.45. The molecule has 1 aromatic rings. The molecule has 2 rings (SSSR count). The second kappa shape index (κ2) is 4.68. The highest BCUT2D eigenvalue weighted by atomic mass is 16.4. The Labute approximate surface area is 105 Å². The maximum atomic E-state index is 12.1. The summed E-state index contributed by atoms with van der Waals surface area (Å²) in [4.78, 5) is 24.7. The molecule has 5 heteroatoms. The van der Waals surface area contributed by atoms with Crippen LogP contribution in [-0.2, 0) is 4.79 Å². The fourth-order valence-electron chi connectivity index (χ4n) is 2.22. The third kappa shape index (κ3) is 2.16. The van der Waals surface area contributed by atoms with E-state index in [0.29, 0.717) is 25.1 Å². The molecule has 1 fully saturated rings. The van der Waals surface area contributed by atoms with Gasteiger partial charge in [0.25, 0.3) is 0 Å². The van der Waals surface area contributed by atoms with Crippen molar-refractivity contribution in [2.75, 3.05) is 11.9 Å². The summed E-state index contributed by atoms with van der Waals surface area (Å²) in [5.74, 6) is -0.955. The van der Waals surface area contributed by atoms with Crippen LogP contribution in [0.2, 0.25) is 0 Å². The smallest absolute Gasteiger partial charge is 0.329 e. The van der Waals surface area contributed by atoms with E-state index in [9.17, 15) is 14.7 Å². The molecule has 5 nitrogen and oxygen atoms in total. The fraction of sp³-hybridized carbons (Fsp3) is 0.385. The average molecular weight is 248 g/mol. The first-order valence-electron chi connectivity index (χ1n) is 5.91. The van der Waals surface area contributed by atoms with Gasteiger partial charge >= 0.3 is 12.0 Å². The number of nitrogens with zero attached hydrogens (tertiary/aromatic N) is 1. The number of urea groups is 1. The predicted molar refractivity (Wildman–Crippen MR) is 67.4 cm³/mol. The van der Waals surface area contributed by atoms with E-state index in [1.54, 1.807) is 19.1 Å². The van der Waals surface area contributed by atoms with Crippen LogP contribution in [0.1, 0.15) is 19.8 Å². The maximum Gasteiger partial charge on any atom is 0.329 e. The Hall–Kier alpha value is -2.04. The van der Waals surface area contributed by atoms with Gasteiger partial charge < -0.3 is 15.3 Å². The van der Waals surface area contributed by atoms with Gasteiger partial charge in [-0.2, -0.15) is 0 Å². The van der Waals surface area contributed by atoms with Gasteiger partial charge in [-0.3, -0.25) is 0 Å². The van der Waals surface area contributed by atoms with Gasteiger partial charge in [0.1, 0.15) is 5.54 Å². The van der Waals surface area contributed by atoms with Gasteiger partial charge in [0.05, 0.1) is 0 Å². The fourth-order valence-corrected chi connectivity index (χ4v) is 2.22. The van der Waals surface area contributed by atoms with E-state index in [1.165, 1.54) is 4.90 Å². The maximum absolute atomic E-state index is 12.1. The van der Waals surface area contributed by atoms with E-state index in [1.807, 2.05) is 18.2 Å². The molecule has 1 aromatic carbocycles. The molecule has 0 aromatic heterocycles. The third-order valence-electron chi connectivity index (χ3n) is 3.37. The number of benzene rings is 1. The molecule has 1 aliphatic heterocycles. The quantitative estimate of drug-likeness (QED) is 0.842. The van der Waals surface area contributed by atoms with Crippen molar-refractivity contribution in [3.8, 4) is 0 Å². The lowest BCUT2D eigenvalue weighted by atomic mass is 10.00. The Bertz CT molecular complexity index is 461. The van der Waals surface area contributed by atoms with E-state index >= 15 is 0 Å². The molecule has 1 heterocycles. The summed E-state index contributed by atoms with van der Waals surface area (Å²) in [6, 6.07) is 8.67. The summed E-state index contributed by atoms with van der Waals surface area (Å²) >= 11 is 0. The summed E-state index contributed by atoms with van der Waals surface area (Å²) in [6.07, 6.45) is 1.20. The number of anilines is 1. The van der Waals surface area contributed by atoms with E-state index in [2.05, 4.69) is 5.32 Å². The van der Waals surface area contributed by atoms with Crippen molar-refractivity contribution in [3.63, 3.8) is 0 Å². The zero-order valence-electron chi connectivity index (χ0n) is 10.2. The molecule has 0 spiro atoms. The number of carboxylic acids is 1. The standard InChI is InChI=1S/C13H16N2O3/c1-13(11(16)17)8-5-9-15(13)12(18)14-10-6-3-2-4-7-10/h2-4,6-7H,5,8-9H2,1H3,(H,14,18)(H,16,17). The lowest BCUT2D eigenvalue weighted by Gasteiger charge is -2.31. The number of hydrogen-bond donors (Lipinski definition) is 2. The Morgan fingerprint density at radius 1 is 1.33 bits per heavy atom. The van der Waals surface area contributed by atoms with Crippen molar-refractivity contribution in [1.82, 2.24) is 4.90 Å². The number of para-hydroxylation sites is 1. The zero-order chi connectivity index (χ0) is 13.2. The van der Waals surface area contributed by atoms with Gasteiger partial charge in [-0.25, -0.2) is 9.59 Å². The third-order valence-corrected chi connectivity index (χ3v) is 3.37. The van der Waals surface area contributed by atoms with Crippen molar-refractivity contribution in [1.29, 1.82) is 0 Å². The molecular weight excluding hydrogens is 232 g/mol. The van der Waals surface area contributed by atoms with Crippen LogP contribution in [0.5, 0.6) is 0 Å². The minimum atomic E-state index is -1.10.